The van der Waals surface area contributed by atoms with Crippen molar-refractivity contribution >= 4 is 11.6 Å². The summed E-state index contributed by atoms with van der Waals surface area (Å²) in [4.78, 5) is 1.68. The van der Waals surface area contributed by atoms with Crippen LogP contribution < -0.4 is 9.64 Å². The summed E-state index contributed by atoms with van der Waals surface area (Å²) in [5.74, 6) is 1.71. The second-order valence-corrected chi connectivity index (χ2v) is 6.04. The summed E-state index contributed by atoms with van der Waals surface area (Å²) in [7, 11) is 0. The summed E-state index contributed by atoms with van der Waals surface area (Å²) in [5.41, 5.74) is 0. The lowest BCUT2D eigenvalue weighted by atomic mass is 9.99. The fourth-order valence-electron chi connectivity index (χ4n) is 2.51. The molecular weight excluding hydrogens is 274 g/mol. The van der Waals surface area contributed by atoms with Crippen molar-refractivity contribution in [2.45, 2.75) is 19.8 Å². The molecule has 0 amide bonds. The van der Waals surface area contributed by atoms with Gasteiger partial charge in [0, 0.05) is 5.02 Å². The second kappa shape index (κ2) is 8.50. The zero-order valence-corrected chi connectivity index (χ0v) is 13.0. The third kappa shape index (κ3) is 5.70. The Bertz CT molecular complexity index is 392. The molecule has 20 heavy (non-hydrogen) atoms. The SMILES string of the molecule is CC1CC[NH+](CCOCCOc2cccc(Cl)c2)CC1. The normalized spacial score (nSPS) is 22.7. The van der Waals surface area contributed by atoms with Gasteiger partial charge in [0.15, 0.2) is 0 Å². The third-order valence-electron chi connectivity index (χ3n) is 3.87. The number of nitrogens with one attached hydrogen (secondary N) is 1. The zero-order valence-electron chi connectivity index (χ0n) is 12.2. The van der Waals surface area contributed by atoms with E-state index >= 15 is 0 Å². The average Bonchev–Trinajstić information content (AvgIpc) is 2.45. The number of ether oxygens (including phenoxy) is 2. The number of benzene rings is 1. The summed E-state index contributed by atoms with van der Waals surface area (Å²) in [6, 6.07) is 7.46. The summed E-state index contributed by atoms with van der Waals surface area (Å²) >= 11 is 5.89. The molecule has 1 aliphatic rings. The molecule has 1 N–H and O–H groups in total. The minimum absolute atomic E-state index is 0.576. The van der Waals surface area contributed by atoms with E-state index in [1.165, 1.54) is 25.9 Å². The number of rotatable bonds is 7. The predicted octanol–water partition coefficient (Wildman–Crippen LogP) is 2.05. The summed E-state index contributed by atoms with van der Waals surface area (Å²) in [6.45, 7) is 8.09. The van der Waals surface area contributed by atoms with Gasteiger partial charge in [-0.05, 0) is 37.0 Å². The van der Waals surface area contributed by atoms with Gasteiger partial charge in [0.2, 0.25) is 0 Å². The van der Waals surface area contributed by atoms with Crippen LogP contribution in [0.25, 0.3) is 0 Å². The van der Waals surface area contributed by atoms with Crippen LogP contribution in [-0.2, 0) is 4.74 Å². The van der Waals surface area contributed by atoms with E-state index in [0.29, 0.717) is 18.2 Å². The monoisotopic (exact) mass is 298 g/mol. The molecule has 1 fully saturated rings. The Morgan fingerprint density at radius 2 is 2.00 bits per heavy atom. The molecule has 0 spiro atoms. The van der Waals surface area contributed by atoms with Crippen molar-refractivity contribution in [1.29, 1.82) is 0 Å². The van der Waals surface area contributed by atoms with Crippen molar-refractivity contribution in [3.63, 3.8) is 0 Å². The lowest BCUT2D eigenvalue weighted by Gasteiger charge is -2.27. The smallest absolute Gasteiger partial charge is 0.120 e. The van der Waals surface area contributed by atoms with Gasteiger partial charge in [0.05, 0.1) is 26.3 Å². The number of hydrogen-bond donors (Lipinski definition) is 1. The van der Waals surface area contributed by atoms with Gasteiger partial charge in [-0.15, -0.1) is 0 Å². The lowest BCUT2D eigenvalue weighted by molar-refractivity contribution is -0.906. The third-order valence-corrected chi connectivity index (χ3v) is 4.11. The Balaban J connectivity index is 1.49. The molecule has 1 aromatic carbocycles. The van der Waals surface area contributed by atoms with E-state index in [0.717, 1.165) is 24.8 Å². The van der Waals surface area contributed by atoms with Gasteiger partial charge in [0.1, 0.15) is 18.9 Å². The molecule has 112 valence electrons. The van der Waals surface area contributed by atoms with Gasteiger partial charge in [-0.2, -0.15) is 0 Å². The summed E-state index contributed by atoms with van der Waals surface area (Å²) in [5, 5.41) is 0.700. The van der Waals surface area contributed by atoms with E-state index < -0.39 is 0 Å². The fourth-order valence-corrected chi connectivity index (χ4v) is 2.69. The van der Waals surface area contributed by atoms with Crippen LogP contribution in [0.2, 0.25) is 5.02 Å². The maximum absolute atomic E-state index is 5.89. The van der Waals surface area contributed by atoms with Gasteiger partial charge < -0.3 is 14.4 Å². The lowest BCUT2D eigenvalue weighted by Crippen LogP contribution is -3.13. The van der Waals surface area contributed by atoms with E-state index in [2.05, 4.69) is 6.92 Å². The van der Waals surface area contributed by atoms with Crippen molar-refractivity contribution in [3.8, 4) is 5.75 Å². The molecule has 0 atom stereocenters. The first kappa shape index (κ1) is 15.6. The predicted molar refractivity (Wildman–Crippen MR) is 81.7 cm³/mol. The van der Waals surface area contributed by atoms with Crippen molar-refractivity contribution in [3.05, 3.63) is 29.3 Å². The molecule has 0 aliphatic carbocycles. The molecule has 3 nitrogen and oxygen atoms in total. The molecule has 1 saturated heterocycles. The first-order valence-corrected chi connectivity index (χ1v) is 7.91. The summed E-state index contributed by atoms with van der Waals surface area (Å²) < 4.78 is 11.2. The molecule has 0 saturated carbocycles. The Morgan fingerprint density at radius 1 is 1.20 bits per heavy atom. The largest absolute Gasteiger partial charge is 0.491 e. The van der Waals surface area contributed by atoms with Crippen molar-refractivity contribution < 1.29 is 14.4 Å². The van der Waals surface area contributed by atoms with E-state index in [4.69, 9.17) is 21.1 Å². The van der Waals surface area contributed by atoms with Crippen molar-refractivity contribution in [1.82, 2.24) is 0 Å². The quantitative estimate of drug-likeness (QED) is 0.779. The van der Waals surface area contributed by atoms with Gasteiger partial charge in [-0.1, -0.05) is 24.6 Å². The molecule has 0 aromatic heterocycles. The first-order valence-electron chi connectivity index (χ1n) is 7.54. The maximum Gasteiger partial charge on any atom is 0.120 e. The maximum atomic E-state index is 5.89. The highest BCUT2D eigenvalue weighted by Gasteiger charge is 2.17. The molecule has 2 rings (SSSR count). The van der Waals surface area contributed by atoms with E-state index in [-0.39, 0.29) is 0 Å². The molecular formula is C16H25ClNO2+. The molecule has 1 heterocycles. The van der Waals surface area contributed by atoms with E-state index in [1.807, 2.05) is 24.3 Å². The van der Waals surface area contributed by atoms with Crippen LogP contribution in [0, 0.1) is 5.92 Å². The number of quaternary nitrogens is 1. The van der Waals surface area contributed by atoms with Crippen molar-refractivity contribution in [2.75, 3.05) is 39.5 Å². The number of hydrogen-bond acceptors (Lipinski definition) is 2. The average molecular weight is 299 g/mol. The first-order chi connectivity index (χ1) is 9.74. The molecule has 1 aromatic rings. The Hall–Kier alpha value is -0.770. The Labute approximate surface area is 126 Å². The number of likely N-dealkylation sites (tertiary alicyclic amines) is 1. The van der Waals surface area contributed by atoms with Crippen LogP contribution >= 0.6 is 11.6 Å². The van der Waals surface area contributed by atoms with Crippen LogP contribution in [0.5, 0.6) is 5.75 Å². The van der Waals surface area contributed by atoms with Crippen LogP contribution in [-0.4, -0.2) is 39.5 Å². The number of piperidine rings is 1. The second-order valence-electron chi connectivity index (χ2n) is 5.60. The van der Waals surface area contributed by atoms with Crippen LogP contribution in [0.15, 0.2) is 24.3 Å². The Kier molecular flexibility index (Phi) is 6.64. The highest BCUT2D eigenvalue weighted by Crippen LogP contribution is 2.16. The van der Waals surface area contributed by atoms with Crippen molar-refractivity contribution in [2.24, 2.45) is 5.92 Å². The topological polar surface area (TPSA) is 22.9 Å². The minimum Gasteiger partial charge on any atom is -0.491 e. The Morgan fingerprint density at radius 3 is 2.75 bits per heavy atom. The highest BCUT2D eigenvalue weighted by atomic mass is 35.5. The molecule has 0 bridgehead atoms. The highest BCUT2D eigenvalue weighted by molar-refractivity contribution is 6.30. The van der Waals surface area contributed by atoms with Gasteiger partial charge >= 0.3 is 0 Å². The van der Waals surface area contributed by atoms with Gasteiger partial charge in [-0.3, -0.25) is 0 Å². The summed E-state index contributed by atoms with van der Waals surface area (Å²) in [6.07, 6.45) is 2.71. The van der Waals surface area contributed by atoms with Crippen LogP contribution in [0.1, 0.15) is 19.8 Å². The van der Waals surface area contributed by atoms with Gasteiger partial charge in [0.25, 0.3) is 0 Å². The van der Waals surface area contributed by atoms with E-state index in [9.17, 15) is 0 Å². The molecule has 4 heteroatoms. The molecule has 0 radical (unpaired) electrons. The van der Waals surface area contributed by atoms with Crippen LogP contribution in [0.4, 0.5) is 0 Å². The van der Waals surface area contributed by atoms with E-state index in [1.54, 1.807) is 4.90 Å². The molecule has 0 unspecified atom stereocenters. The fraction of sp³-hybridized carbons (Fsp3) is 0.625. The van der Waals surface area contributed by atoms with Crippen LogP contribution in [0.3, 0.4) is 0 Å². The molecule has 1 aliphatic heterocycles. The standard InChI is InChI=1S/C16H24ClNO2/c1-14-5-7-18(8-6-14)9-10-19-11-12-20-16-4-2-3-15(17)13-16/h2-4,13-14H,5-12H2,1H3/p+1. The number of halogens is 1. The van der Waals surface area contributed by atoms with Gasteiger partial charge in [-0.25, -0.2) is 0 Å². The zero-order chi connectivity index (χ0) is 14.2. The minimum atomic E-state index is 0.576.